The van der Waals surface area contributed by atoms with E-state index in [9.17, 15) is 44.4 Å². The number of allylic oxidation sites excluding steroid dienone is 2. The average molecular weight is 888 g/mol. The summed E-state index contributed by atoms with van der Waals surface area (Å²) in [5, 5.41) is 41.8. The van der Waals surface area contributed by atoms with Crippen molar-refractivity contribution >= 4 is 29.8 Å². The lowest BCUT2D eigenvalue weighted by molar-refractivity contribution is -0.151. The Labute approximate surface area is 372 Å². The van der Waals surface area contributed by atoms with Crippen LogP contribution in [-0.4, -0.2) is 159 Å². The third-order valence-corrected chi connectivity index (χ3v) is 13.1. The summed E-state index contributed by atoms with van der Waals surface area (Å²) in [6, 6.07) is -0.213. The van der Waals surface area contributed by atoms with Crippen LogP contribution in [0.1, 0.15) is 112 Å². The molecule has 0 spiro atoms. The van der Waals surface area contributed by atoms with E-state index in [1.165, 1.54) is 24.2 Å². The summed E-state index contributed by atoms with van der Waals surface area (Å²) in [6.45, 7) is 13.3. The van der Waals surface area contributed by atoms with Gasteiger partial charge >= 0.3 is 18.0 Å². The number of carbonyl (C=O) groups excluding carboxylic acids is 4. The van der Waals surface area contributed by atoms with Crippen molar-refractivity contribution in [2.45, 2.75) is 166 Å². The number of aliphatic hydroxyl groups is 3. The zero-order chi connectivity index (χ0) is 46.5. The van der Waals surface area contributed by atoms with Gasteiger partial charge in [0.15, 0.2) is 6.10 Å². The van der Waals surface area contributed by atoms with E-state index in [0.717, 1.165) is 19.3 Å². The van der Waals surface area contributed by atoms with Crippen LogP contribution >= 0.6 is 0 Å². The van der Waals surface area contributed by atoms with Gasteiger partial charge in [-0.1, -0.05) is 57.9 Å². The first-order chi connectivity index (χ1) is 29.8. The summed E-state index contributed by atoms with van der Waals surface area (Å²) < 4.78 is 23.9. The summed E-state index contributed by atoms with van der Waals surface area (Å²) in [4.78, 5) is 67.4. The largest absolute Gasteiger partial charge is 0.481 e. The average Bonchev–Trinajstić information content (AvgIpc) is 3.92. The van der Waals surface area contributed by atoms with Gasteiger partial charge in [-0.15, -0.1) is 0 Å². The quantitative estimate of drug-likeness (QED) is 0.0326. The van der Waals surface area contributed by atoms with Gasteiger partial charge in [0.1, 0.15) is 11.7 Å². The maximum Gasteiger partial charge on any atom is 0.410 e. The number of ether oxygens (including phenoxy) is 4. The van der Waals surface area contributed by atoms with Crippen molar-refractivity contribution in [3.05, 3.63) is 48.1 Å². The molecule has 354 valence electrons. The van der Waals surface area contributed by atoms with Crippen LogP contribution in [0.4, 0.5) is 4.79 Å². The Morgan fingerprint density at radius 3 is 2.41 bits per heavy atom. The number of hydrogen-bond donors (Lipinski definition) is 4. The molecule has 4 heterocycles. The van der Waals surface area contributed by atoms with E-state index in [1.807, 2.05) is 33.8 Å². The molecule has 16 nitrogen and oxygen atoms in total. The Bertz CT molecular complexity index is 1680. The number of rotatable bonds is 20. The molecule has 2 fully saturated rings. The second-order valence-electron chi connectivity index (χ2n) is 18.3. The summed E-state index contributed by atoms with van der Waals surface area (Å²) >= 11 is 0. The monoisotopic (exact) mass is 888 g/mol. The van der Waals surface area contributed by atoms with E-state index in [4.69, 9.17) is 18.9 Å². The van der Waals surface area contributed by atoms with Gasteiger partial charge in [0, 0.05) is 76.2 Å². The fourth-order valence-electron chi connectivity index (χ4n) is 8.70. The number of carboxylic acids is 1. The number of aliphatic hydroxyl groups excluding tert-OH is 2. The molecule has 0 aliphatic carbocycles. The molecule has 4 rings (SSSR count). The van der Waals surface area contributed by atoms with Gasteiger partial charge in [-0.25, -0.2) is 4.79 Å². The van der Waals surface area contributed by atoms with Gasteiger partial charge in [-0.05, 0) is 77.5 Å². The lowest BCUT2D eigenvalue weighted by Gasteiger charge is -2.42. The highest BCUT2D eigenvalue weighted by molar-refractivity contribution is 6.12. The molecule has 0 aromatic carbocycles. The number of carbonyl (C=O) groups is 5. The van der Waals surface area contributed by atoms with Crippen LogP contribution < -0.4 is 0 Å². The molecule has 0 saturated carbocycles. The minimum absolute atomic E-state index is 0.0401. The minimum atomic E-state index is -1.20. The van der Waals surface area contributed by atoms with Crippen LogP contribution in [0.15, 0.2) is 48.1 Å². The van der Waals surface area contributed by atoms with Crippen LogP contribution in [-0.2, 0) is 38.1 Å². The van der Waals surface area contributed by atoms with Crippen molar-refractivity contribution in [3.8, 4) is 0 Å². The number of nitrogens with zero attached hydrogens (tertiary/aromatic N) is 3. The Balaban J connectivity index is 1.42. The number of epoxide rings is 1. The van der Waals surface area contributed by atoms with E-state index >= 15 is 0 Å². The first kappa shape index (κ1) is 51.7. The molecule has 2 saturated heterocycles. The van der Waals surface area contributed by atoms with Gasteiger partial charge in [0.05, 0.1) is 36.4 Å². The summed E-state index contributed by atoms with van der Waals surface area (Å²) in [5.74, 6) is -2.52. The number of amides is 3. The van der Waals surface area contributed by atoms with Gasteiger partial charge in [0.25, 0.3) is 11.8 Å². The number of imide groups is 1. The SMILES string of the molecule is CC[C@H](O)[C@@H](C)[C@H]1O[C@@H]1C[C@@](C)(O)/C=C/C=C(\C)[C@H]1OC(=O)C[C@H](O)CC[C@@](C)(OC)[C@@H](OC(=O)N2CCN(CCCCCCN3C(=O)C=CC3=O)[C@H](CCC(=O)O)C2)/C=C\[C@@H]1C. The maximum absolute atomic E-state index is 14.0. The van der Waals surface area contributed by atoms with Gasteiger partial charge in [0.2, 0.25) is 0 Å². The number of aliphatic carboxylic acids is 1. The van der Waals surface area contributed by atoms with Gasteiger partial charge in [-0.3, -0.25) is 29.0 Å². The molecule has 11 atom stereocenters. The number of unbranched alkanes of at least 4 members (excludes halogenated alkanes) is 3. The number of carboxylic acid groups (broad SMARTS) is 1. The zero-order valence-corrected chi connectivity index (χ0v) is 38.4. The van der Waals surface area contributed by atoms with Crippen LogP contribution in [0.5, 0.6) is 0 Å². The fourth-order valence-corrected chi connectivity index (χ4v) is 8.70. The fraction of sp³-hybridized carbons (Fsp3) is 0.723. The topological polar surface area (TPSA) is 216 Å². The van der Waals surface area contributed by atoms with Gasteiger partial charge < -0.3 is 44.3 Å². The third-order valence-electron chi connectivity index (χ3n) is 13.1. The summed E-state index contributed by atoms with van der Waals surface area (Å²) in [7, 11) is 1.51. The molecular formula is C47H73N3O13. The molecule has 0 aromatic rings. The predicted octanol–water partition coefficient (Wildman–Crippen LogP) is 4.70. The minimum Gasteiger partial charge on any atom is -0.481 e. The molecule has 63 heavy (non-hydrogen) atoms. The highest BCUT2D eigenvalue weighted by Gasteiger charge is 2.47. The Hall–Kier alpha value is -3.93. The molecule has 4 N–H and O–H groups in total. The molecule has 0 bridgehead atoms. The second-order valence-corrected chi connectivity index (χ2v) is 18.3. The number of esters is 1. The Kier molecular flexibility index (Phi) is 19.6. The smallest absolute Gasteiger partial charge is 0.410 e. The number of methoxy groups -OCH3 is 1. The molecule has 0 aromatic heterocycles. The van der Waals surface area contributed by atoms with E-state index in [1.54, 1.807) is 43.1 Å². The standard InChI is InChI=1S/C47H73N3O13/c1-8-36(52)33(4)44-37(61-44)29-46(5,59)22-13-14-31(2)43-32(3)15-17-38(47(6,60-7)23-21-35(51)28-42(57)63-43)62-45(58)49-27-26-48(34(30-49)16-20-41(55)56)24-11-9-10-12-25-50-39(53)18-19-40(50)54/h13-15,17-19,22,32-38,43-44,51-52,59H,8-12,16,20-21,23-30H2,1-7H3,(H,55,56)/b17-15-,22-13+,31-14+/t32-,33+,34+,35+,36-,37+,38-,43+,44+,46-,47+/m0/s1. The normalized spacial score (nSPS) is 31.2. The maximum atomic E-state index is 14.0. The number of cyclic esters (lactones) is 1. The van der Waals surface area contributed by atoms with Gasteiger partial charge in [-0.2, -0.15) is 0 Å². The zero-order valence-electron chi connectivity index (χ0n) is 38.4. The molecule has 3 amide bonds. The number of piperazine rings is 1. The van der Waals surface area contributed by atoms with E-state index in [2.05, 4.69) is 4.90 Å². The summed E-state index contributed by atoms with van der Waals surface area (Å²) in [6.07, 6.45) is 11.9. The van der Waals surface area contributed by atoms with Crippen molar-refractivity contribution in [2.75, 3.05) is 39.8 Å². The summed E-state index contributed by atoms with van der Waals surface area (Å²) in [5.41, 5.74) is -1.60. The van der Waals surface area contributed by atoms with Crippen LogP contribution in [0, 0.1) is 11.8 Å². The van der Waals surface area contributed by atoms with Crippen molar-refractivity contribution < 1.29 is 63.3 Å². The van der Waals surface area contributed by atoms with Crippen LogP contribution in [0.3, 0.4) is 0 Å². The molecular weight excluding hydrogens is 815 g/mol. The van der Waals surface area contributed by atoms with Crippen LogP contribution in [0.25, 0.3) is 0 Å². The predicted molar refractivity (Wildman–Crippen MR) is 234 cm³/mol. The number of hydrogen-bond acceptors (Lipinski definition) is 13. The Morgan fingerprint density at radius 2 is 1.76 bits per heavy atom. The molecule has 0 unspecified atom stereocenters. The molecule has 4 aliphatic rings. The van der Waals surface area contributed by atoms with E-state index < -0.39 is 59.6 Å². The first-order valence-electron chi connectivity index (χ1n) is 22.7. The lowest BCUT2D eigenvalue weighted by Crippen LogP contribution is -2.56. The van der Waals surface area contributed by atoms with E-state index in [-0.39, 0.29) is 68.2 Å². The lowest BCUT2D eigenvalue weighted by atomic mass is 9.88. The van der Waals surface area contributed by atoms with Crippen molar-refractivity contribution in [2.24, 2.45) is 11.8 Å². The highest BCUT2D eigenvalue weighted by Crippen LogP contribution is 2.38. The highest BCUT2D eigenvalue weighted by atomic mass is 16.6. The molecule has 4 aliphatic heterocycles. The van der Waals surface area contributed by atoms with Crippen molar-refractivity contribution in [3.63, 3.8) is 0 Å². The first-order valence-corrected chi connectivity index (χ1v) is 22.7. The van der Waals surface area contributed by atoms with E-state index in [0.29, 0.717) is 57.4 Å². The third kappa shape index (κ3) is 15.6. The van der Waals surface area contributed by atoms with Crippen LogP contribution in [0.2, 0.25) is 0 Å². The van der Waals surface area contributed by atoms with Crippen molar-refractivity contribution in [1.82, 2.24) is 14.7 Å². The second kappa shape index (κ2) is 23.8. The molecule has 16 heteroatoms. The Morgan fingerprint density at radius 1 is 1.08 bits per heavy atom. The molecule has 0 radical (unpaired) electrons. The van der Waals surface area contributed by atoms with Crippen molar-refractivity contribution in [1.29, 1.82) is 0 Å².